The number of nitrogens with one attached hydrogen (secondary N) is 1. The van der Waals surface area contributed by atoms with E-state index in [9.17, 15) is 18.0 Å². The highest BCUT2D eigenvalue weighted by Gasteiger charge is 2.39. The van der Waals surface area contributed by atoms with Crippen molar-refractivity contribution < 1.29 is 42.4 Å². The highest BCUT2D eigenvalue weighted by molar-refractivity contribution is 5.73. The lowest BCUT2D eigenvalue weighted by molar-refractivity contribution is -0.192. The number of alkyl halides is 3. The molecule has 4 rings (SSSR count). The second kappa shape index (κ2) is 15.2. The van der Waals surface area contributed by atoms with Crippen molar-refractivity contribution in [3.05, 3.63) is 101 Å². The molecule has 0 aliphatic carbocycles. The minimum absolute atomic E-state index is 0.0294. The molecule has 3 N–H and O–H groups in total. The summed E-state index contributed by atoms with van der Waals surface area (Å²) in [5, 5.41) is 19.5. The molecule has 3 aromatic rings. The first-order valence-corrected chi connectivity index (χ1v) is 13.3. The van der Waals surface area contributed by atoms with Crippen molar-refractivity contribution in [2.45, 2.75) is 43.9 Å². The van der Waals surface area contributed by atoms with Crippen LogP contribution >= 0.6 is 0 Å². The summed E-state index contributed by atoms with van der Waals surface area (Å²) in [5.41, 5.74) is 4.73. The van der Waals surface area contributed by atoms with E-state index in [1.165, 1.54) is 16.7 Å². The monoisotopic (exact) mass is 573 g/mol. The molecule has 220 valence electrons. The topological polar surface area (TPSA) is 105 Å². The molecule has 1 aliphatic heterocycles. The maximum absolute atomic E-state index is 10.7. The van der Waals surface area contributed by atoms with Crippen molar-refractivity contribution in [3.63, 3.8) is 0 Å². The Kier molecular flexibility index (Phi) is 11.7. The van der Waals surface area contributed by atoms with Gasteiger partial charge in [-0.1, -0.05) is 72.8 Å². The Morgan fingerprint density at radius 3 is 2.05 bits per heavy atom. The number of aliphatic carboxylic acids is 2. The van der Waals surface area contributed by atoms with Gasteiger partial charge in [-0.25, -0.2) is 4.79 Å². The fraction of sp³-hybridized carbons (Fsp3) is 0.355. The number of hydrogen-bond donors (Lipinski definition) is 3. The zero-order valence-corrected chi connectivity index (χ0v) is 22.5. The van der Waals surface area contributed by atoms with E-state index in [4.69, 9.17) is 24.5 Å². The van der Waals surface area contributed by atoms with E-state index >= 15 is 0 Å². The molecule has 0 radical (unpaired) electrons. The van der Waals surface area contributed by atoms with Crippen molar-refractivity contribution in [2.75, 3.05) is 26.3 Å². The Morgan fingerprint density at radius 2 is 1.46 bits per heavy atom. The molecule has 3 aromatic carbocycles. The summed E-state index contributed by atoms with van der Waals surface area (Å²) in [6.07, 6.45) is -2.33. The van der Waals surface area contributed by atoms with Gasteiger partial charge in [0.2, 0.25) is 0 Å². The van der Waals surface area contributed by atoms with Crippen molar-refractivity contribution in [1.82, 2.24) is 5.32 Å². The van der Waals surface area contributed by atoms with Gasteiger partial charge in [0.15, 0.2) is 0 Å². The van der Waals surface area contributed by atoms with E-state index in [0.29, 0.717) is 13.2 Å². The molecular weight excluding hydrogens is 539 g/mol. The normalized spacial score (nSPS) is 14.4. The first-order valence-electron chi connectivity index (χ1n) is 13.3. The van der Waals surface area contributed by atoms with Gasteiger partial charge in [-0.3, -0.25) is 4.79 Å². The summed E-state index contributed by atoms with van der Waals surface area (Å²) in [6, 6.07) is 27.5. The van der Waals surface area contributed by atoms with Crippen LogP contribution in [-0.2, 0) is 32.8 Å². The van der Waals surface area contributed by atoms with E-state index in [0.717, 1.165) is 43.7 Å². The van der Waals surface area contributed by atoms with Gasteiger partial charge in [0.25, 0.3) is 0 Å². The van der Waals surface area contributed by atoms with Gasteiger partial charge in [0.05, 0.1) is 19.6 Å². The van der Waals surface area contributed by atoms with E-state index in [-0.39, 0.29) is 18.4 Å². The lowest BCUT2D eigenvalue weighted by Crippen LogP contribution is -2.41. The summed E-state index contributed by atoms with van der Waals surface area (Å²) in [5.74, 6) is -2.67. The minimum atomic E-state index is -5.08. The molecule has 0 unspecified atom stereocenters. The molecule has 0 saturated carbocycles. The number of carboxylic acids is 2. The zero-order valence-electron chi connectivity index (χ0n) is 22.5. The molecular formula is C31H34F3NO6. The van der Waals surface area contributed by atoms with Crippen molar-refractivity contribution in [3.8, 4) is 5.75 Å². The third kappa shape index (κ3) is 9.61. The van der Waals surface area contributed by atoms with Gasteiger partial charge in [-0.15, -0.1) is 0 Å². The summed E-state index contributed by atoms with van der Waals surface area (Å²) in [4.78, 5) is 19.6. The van der Waals surface area contributed by atoms with Gasteiger partial charge in [-0.05, 0) is 55.1 Å². The van der Waals surface area contributed by atoms with Gasteiger partial charge in [0, 0.05) is 11.0 Å². The summed E-state index contributed by atoms with van der Waals surface area (Å²) >= 11 is 0. The molecule has 1 saturated heterocycles. The predicted octanol–water partition coefficient (Wildman–Crippen LogP) is 5.60. The molecule has 0 amide bonds. The van der Waals surface area contributed by atoms with E-state index in [2.05, 4.69) is 66.0 Å². The van der Waals surface area contributed by atoms with Crippen LogP contribution < -0.4 is 10.1 Å². The Labute approximate surface area is 236 Å². The second-order valence-electron chi connectivity index (χ2n) is 9.61. The number of ether oxygens (including phenoxy) is 2. The van der Waals surface area contributed by atoms with E-state index < -0.39 is 18.1 Å². The summed E-state index contributed by atoms with van der Waals surface area (Å²) in [6.45, 7) is 3.16. The third-order valence-corrected chi connectivity index (χ3v) is 6.82. The first-order chi connectivity index (χ1) is 19.6. The van der Waals surface area contributed by atoms with Crippen LogP contribution in [0, 0.1) is 0 Å². The third-order valence-electron chi connectivity index (χ3n) is 6.82. The van der Waals surface area contributed by atoms with Crippen LogP contribution in [0.1, 0.15) is 41.5 Å². The second-order valence-corrected chi connectivity index (χ2v) is 9.61. The smallest absolute Gasteiger partial charge is 0.489 e. The molecule has 1 heterocycles. The number of halogens is 3. The van der Waals surface area contributed by atoms with Crippen LogP contribution in [0.5, 0.6) is 5.75 Å². The van der Waals surface area contributed by atoms with Crippen LogP contribution in [0.3, 0.4) is 0 Å². The molecule has 1 aliphatic rings. The fourth-order valence-electron chi connectivity index (χ4n) is 4.74. The SMILES string of the molecule is O=C(O)C(F)(F)F.O=C(O)CCOCCc1ccc(OCc2ccccc2)c(C2(c3ccccc3)CCNCC2)c1. The zero-order chi connectivity index (χ0) is 29.7. The van der Waals surface area contributed by atoms with Gasteiger partial charge >= 0.3 is 18.1 Å². The van der Waals surface area contributed by atoms with Crippen LogP contribution in [-0.4, -0.2) is 54.6 Å². The van der Waals surface area contributed by atoms with Crippen LogP contribution in [0.25, 0.3) is 0 Å². The number of hydrogen-bond acceptors (Lipinski definition) is 5. The Bertz CT molecular complexity index is 1250. The Hall–Kier alpha value is -3.89. The molecule has 10 heteroatoms. The lowest BCUT2D eigenvalue weighted by Gasteiger charge is -2.40. The Morgan fingerprint density at radius 1 is 0.854 bits per heavy atom. The van der Waals surface area contributed by atoms with E-state index in [1.54, 1.807) is 0 Å². The van der Waals surface area contributed by atoms with Crippen LogP contribution in [0.2, 0.25) is 0 Å². The van der Waals surface area contributed by atoms with Crippen LogP contribution in [0.15, 0.2) is 78.9 Å². The molecule has 0 bridgehead atoms. The molecule has 41 heavy (non-hydrogen) atoms. The Balaban J connectivity index is 0.000000587. The number of carboxylic acid groups (broad SMARTS) is 2. The highest BCUT2D eigenvalue weighted by Crippen LogP contribution is 2.45. The molecule has 0 aromatic heterocycles. The fourth-order valence-corrected chi connectivity index (χ4v) is 4.74. The number of rotatable bonds is 11. The van der Waals surface area contributed by atoms with Gasteiger partial charge in [-0.2, -0.15) is 13.2 Å². The lowest BCUT2D eigenvalue weighted by atomic mass is 9.67. The number of benzene rings is 3. The van der Waals surface area contributed by atoms with Crippen LogP contribution in [0.4, 0.5) is 13.2 Å². The van der Waals surface area contributed by atoms with Crippen molar-refractivity contribution >= 4 is 11.9 Å². The highest BCUT2D eigenvalue weighted by atomic mass is 19.4. The van der Waals surface area contributed by atoms with Crippen molar-refractivity contribution in [1.29, 1.82) is 0 Å². The van der Waals surface area contributed by atoms with Crippen molar-refractivity contribution in [2.24, 2.45) is 0 Å². The molecule has 1 fully saturated rings. The minimum Gasteiger partial charge on any atom is -0.489 e. The first kappa shape index (κ1) is 31.6. The maximum atomic E-state index is 10.7. The molecule has 0 atom stereocenters. The van der Waals surface area contributed by atoms with Gasteiger partial charge < -0.3 is 25.0 Å². The number of carbonyl (C=O) groups is 2. The summed E-state index contributed by atoms with van der Waals surface area (Å²) in [7, 11) is 0. The maximum Gasteiger partial charge on any atom is 0.490 e. The van der Waals surface area contributed by atoms with Gasteiger partial charge in [0.1, 0.15) is 12.4 Å². The molecule has 0 spiro atoms. The standard InChI is InChI=1S/C29H33NO4.C2HF3O2/c31-28(32)14-20-33-19-13-23-11-12-27(34-22-24-7-3-1-4-8-24)26(21-23)29(15-17-30-18-16-29)25-9-5-2-6-10-25;3-2(4,5)1(6)7/h1-12,21,30H,13-20,22H2,(H,31,32);(H,6,7). The quantitative estimate of drug-likeness (QED) is 0.257. The largest absolute Gasteiger partial charge is 0.490 e. The average molecular weight is 574 g/mol. The van der Waals surface area contributed by atoms with E-state index in [1.807, 2.05) is 18.2 Å². The average Bonchev–Trinajstić information content (AvgIpc) is 2.97. The number of piperidine rings is 1. The summed E-state index contributed by atoms with van der Waals surface area (Å²) < 4.78 is 43.7. The molecule has 7 nitrogen and oxygen atoms in total. The predicted molar refractivity (Wildman–Crippen MR) is 147 cm³/mol.